The number of aryl methyl sites for hydroxylation is 1. The fraction of sp³-hybridized carbons (Fsp3) is 0.824. The highest BCUT2D eigenvalue weighted by molar-refractivity contribution is 5.79. The number of nitrogens with zero attached hydrogens (tertiary/aromatic N) is 4. The van der Waals surface area contributed by atoms with Gasteiger partial charge >= 0.3 is 0 Å². The van der Waals surface area contributed by atoms with Crippen LogP contribution in [0.2, 0.25) is 0 Å². The highest BCUT2D eigenvalue weighted by Gasteiger charge is 2.13. The van der Waals surface area contributed by atoms with Crippen molar-refractivity contribution in [2.24, 2.45) is 10.9 Å². The molecule has 0 aromatic carbocycles. The molecule has 1 aliphatic carbocycles. The van der Waals surface area contributed by atoms with E-state index in [1.165, 1.54) is 38.5 Å². The van der Waals surface area contributed by atoms with E-state index < -0.39 is 0 Å². The summed E-state index contributed by atoms with van der Waals surface area (Å²) in [5, 5.41) is 14.8. The van der Waals surface area contributed by atoms with Gasteiger partial charge in [-0.25, -0.2) is 0 Å². The van der Waals surface area contributed by atoms with E-state index in [0.717, 1.165) is 50.3 Å². The van der Waals surface area contributed by atoms with Gasteiger partial charge in [-0.2, -0.15) is 0 Å². The van der Waals surface area contributed by atoms with Crippen LogP contribution in [0, 0.1) is 5.92 Å². The molecule has 0 radical (unpaired) electrons. The fourth-order valence-electron chi connectivity index (χ4n) is 3.25. The minimum atomic E-state index is 0.833. The van der Waals surface area contributed by atoms with Crippen molar-refractivity contribution in [3.63, 3.8) is 0 Å². The summed E-state index contributed by atoms with van der Waals surface area (Å²) in [6.07, 6.45) is 11.0. The lowest BCUT2D eigenvalue weighted by molar-refractivity contribution is 0.487. The molecule has 6 heteroatoms. The summed E-state index contributed by atoms with van der Waals surface area (Å²) in [6, 6.07) is 0. The number of rotatable bonds is 9. The van der Waals surface area contributed by atoms with Crippen LogP contribution in [0.1, 0.15) is 58.2 Å². The Balaban J connectivity index is 1.68. The Morgan fingerprint density at radius 2 is 2.13 bits per heavy atom. The summed E-state index contributed by atoms with van der Waals surface area (Å²) >= 11 is 0. The van der Waals surface area contributed by atoms with E-state index in [-0.39, 0.29) is 0 Å². The van der Waals surface area contributed by atoms with E-state index in [0.29, 0.717) is 0 Å². The minimum absolute atomic E-state index is 0.833. The second-order valence-corrected chi connectivity index (χ2v) is 6.27. The van der Waals surface area contributed by atoms with Gasteiger partial charge in [-0.15, -0.1) is 10.2 Å². The fourth-order valence-corrected chi connectivity index (χ4v) is 3.25. The SMILES string of the molecule is CCNC(=NCCCC1CCCC1)NCCn1cnnc1CC. The maximum atomic E-state index is 4.69. The standard InChI is InChI=1S/C17H32N6/c1-3-16-22-21-14-23(16)13-12-20-17(18-4-2)19-11-7-10-15-8-5-6-9-15/h14-15H,3-13H2,1-2H3,(H2,18,19,20). The first-order chi connectivity index (χ1) is 11.3. The first kappa shape index (κ1) is 17.8. The number of nitrogens with one attached hydrogen (secondary N) is 2. The van der Waals surface area contributed by atoms with Crippen LogP contribution < -0.4 is 10.6 Å². The highest BCUT2D eigenvalue weighted by Crippen LogP contribution is 2.28. The molecule has 0 amide bonds. The summed E-state index contributed by atoms with van der Waals surface area (Å²) in [5.41, 5.74) is 0. The van der Waals surface area contributed by atoms with Crippen molar-refractivity contribution in [1.29, 1.82) is 0 Å². The molecule has 1 aliphatic rings. The van der Waals surface area contributed by atoms with Crippen molar-refractivity contribution in [1.82, 2.24) is 25.4 Å². The zero-order valence-electron chi connectivity index (χ0n) is 14.7. The van der Waals surface area contributed by atoms with Crippen LogP contribution in [-0.4, -0.2) is 40.4 Å². The molecule has 0 saturated heterocycles. The molecule has 1 aromatic heterocycles. The Kier molecular flexibility index (Phi) is 7.90. The normalized spacial score (nSPS) is 16.0. The van der Waals surface area contributed by atoms with E-state index in [4.69, 9.17) is 0 Å². The predicted molar refractivity (Wildman–Crippen MR) is 94.6 cm³/mol. The van der Waals surface area contributed by atoms with Crippen molar-refractivity contribution >= 4 is 5.96 Å². The number of hydrogen-bond donors (Lipinski definition) is 2. The first-order valence-corrected chi connectivity index (χ1v) is 9.22. The van der Waals surface area contributed by atoms with E-state index in [9.17, 15) is 0 Å². The second-order valence-electron chi connectivity index (χ2n) is 6.27. The van der Waals surface area contributed by atoms with Crippen LogP contribution in [0.4, 0.5) is 0 Å². The van der Waals surface area contributed by atoms with Crippen LogP contribution in [0.5, 0.6) is 0 Å². The van der Waals surface area contributed by atoms with Gasteiger partial charge in [0.05, 0.1) is 0 Å². The summed E-state index contributed by atoms with van der Waals surface area (Å²) < 4.78 is 2.09. The van der Waals surface area contributed by atoms with E-state index >= 15 is 0 Å². The molecule has 130 valence electrons. The van der Waals surface area contributed by atoms with Gasteiger partial charge in [-0.3, -0.25) is 4.99 Å². The lowest BCUT2D eigenvalue weighted by Gasteiger charge is -2.12. The average molecular weight is 320 g/mol. The smallest absolute Gasteiger partial charge is 0.191 e. The molecule has 2 N–H and O–H groups in total. The minimum Gasteiger partial charge on any atom is -0.357 e. The zero-order chi connectivity index (χ0) is 16.3. The summed E-state index contributed by atoms with van der Waals surface area (Å²) in [7, 11) is 0. The largest absolute Gasteiger partial charge is 0.357 e. The third-order valence-corrected chi connectivity index (χ3v) is 4.52. The monoisotopic (exact) mass is 320 g/mol. The quantitative estimate of drug-likeness (QED) is 0.416. The van der Waals surface area contributed by atoms with Crippen LogP contribution in [0.15, 0.2) is 11.3 Å². The Bertz CT molecular complexity index is 461. The van der Waals surface area contributed by atoms with Gasteiger partial charge in [0.25, 0.3) is 0 Å². The first-order valence-electron chi connectivity index (χ1n) is 9.22. The van der Waals surface area contributed by atoms with Crippen LogP contribution in [0.3, 0.4) is 0 Å². The third kappa shape index (κ3) is 6.20. The Hall–Kier alpha value is -1.59. The van der Waals surface area contributed by atoms with Crippen molar-refractivity contribution in [2.75, 3.05) is 19.6 Å². The van der Waals surface area contributed by atoms with E-state index in [2.05, 4.69) is 44.2 Å². The molecule has 0 aliphatic heterocycles. The Morgan fingerprint density at radius 1 is 1.30 bits per heavy atom. The van der Waals surface area contributed by atoms with E-state index in [1.807, 2.05) is 0 Å². The van der Waals surface area contributed by atoms with Crippen LogP contribution in [-0.2, 0) is 13.0 Å². The maximum Gasteiger partial charge on any atom is 0.191 e. The molecule has 0 spiro atoms. The van der Waals surface area contributed by atoms with Gasteiger partial charge in [-0.05, 0) is 25.7 Å². The van der Waals surface area contributed by atoms with E-state index in [1.54, 1.807) is 6.33 Å². The molecular formula is C17H32N6. The van der Waals surface area contributed by atoms with Crippen molar-refractivity contribution in [3.8, 4) is 0 Å². The van der Waals surface area contributed by atoms with Gasteiger partial charge in [0.1, 0.15) is 12.2 Å². The molecule has 0 bridgehead atoms. The molecular weight excluding hydrogens is 288 g/mol. The van der Waals surface area contributed by atoms with Crippen LogP contribution >= 0.6 is 0 Å². The molecule has 1 aromatic rings. The molecule has 1 saturated carbocycles. The molecule has 1 heterocycles. The lowest BCUT2D eigenvalue weighted by atomic mass is 10.0. The predicted octanol–water partition coefficient (Wildman–Crippen LogP) is 2.37. The number of guanidine groups is 1. The Morgan fingerprint density at radius 3 is 2.87 bits per heavy atom. The van der Waals surface area contributed by atoms with Crippen molar-refractivity contribution < 1.29 is 0 Å². The van der Waals surface area contributed by atoms with Gasteiger partial charge < -0.3 is 15.2 Å². The molecule has 23 heavy (non-hydrogen) atoms. The summed E-state index contributed by atoms with van der Waals surface area (Å²) in [5.74, 6) is 2.91. The van der Waals surface area contributed by atoms with Gasteiger partial charge in [0.2, 0.25) is 0 Å². The topological polar surface area (TPSA) is 67.1 Å². The number of hydrogen-bond acceptors (Lipinski definition) is 3. The van der Waals surface area contributed by atoms with Crippen molar-refractivity contribution in [2.45, 2.75) is 65.3 Å². The molecule has 6 nitrogen and oxygen atoms in total. The molecule has 0 atom stereocenters. The average Bonchev–Trinajstić information content (AvgIpc) is 3.22. The maximum absolute atomic E-state index is 4.69. The molecule has 0 unspecified atom stereocenters. The van der Waals surface area contributed by atoms with Gasteiger partial charge in [-0.1, -0.05) is 32.6 Å². The summed E-state index contributed by atoms with van der Waals surface area (Å²) in [4.78, 5) is 4.69. The van der Waals surface area contributed by atoms with Crippen LogP contribution in [0.25, 0.3) is 0 Å². The van der Waals surface area contributed by atoms with Crippen molar-refractivity contribution in [3.05, 3.63) is 12.2 Å². The zero-order valence-corrected chi connectivity index (χ0v) is 14.7. The summed E-state index contributed by atoms with van der Waals surface area (Å²) in [6.45, 7) is 7.71. The number of aromatic nitrogens is 3. The third-order valence-electron chi connectivity index (χ3n) is 4.52. The van der Waals surface area contributed by atoms with Gasteiger partial charge in [0.15, 0.2) is 5.96 Å². The lowest BCUT2D eigenvalue weighted by Crippen LogP contribution is -2.39. The number of aliphatic imine (C=N–C) groups is 1. The highest BCUT2D eigenvalue weighted by atomic mass is 15.3. The molecule has 1 fully saturated rings. The molecule has 2 rings (SSSR count). The van der Waals surface area contributed by atoms with Gasteiger partial charge in [0, 0.05) is 32.6 Å². The second kappa shape index (κ2) is 10.2. The Labute approximate surface area is 140 Å².